The molecular formula is C32H25FN2O4. The van der Waals surface area contributed by atoms with E-state index in [9.17, 15) is 19.1 Å². The van der Waals surface area contributed by atoms with Crippen LogP contribution in [0.25, 0.3) is 33.3 Å². The van der Waals surface area contributed by atoms with Gasteiger partial charge >= 0.3 is 12.1 Å². The van der Waals surface area contributed by atoms with Crippen molar-refractivity contribution in [1.82, 2.24) is 10.3 Å². The number of nitrogens with one attached hydrogen (secondary N) is 2. The lowest BCUT2D eigenvalue weighted by atomic mass is 9.98. The summed E-state index contributed by atoms with van der Waals surface area (Å²) in [5.41, 5.74) is 6.49. The Bertz CT molecular complexity index is 1660. The Kier molecular flexibility index (Phi) is 6.32. The van der Waals surface area contributed by atoms with Gasteiger partial charge in [-0.1, -0.05) is 78.9 Å². The summed E-state index contributed by atoms with van der Waals surface area (Å²) in [7, 11) is 0. The van der Waals surface area contributed by atoms with Crippen LogP contribution in [0, 0.1) is 5.82 Å². The van der Waals surface area contributed by atoms with Gasteiger partial charge in [0.2, 0.25) is 0 Å². The number of aromatic nitrogens is 1. The normalized spacial score (nSPS) is 13.1. The highest BCUT2D eigenvalue weighted by molar-refractivity contribution is 5.92. The highest BCUT2D eigenvalue weighted by Gasteiger charge is 2.30. The predicted octanol–water partition coefficient (Wildman–Crippen LogP) is 6.51. The van der Waals surface area contributed by atoms with Crippen molar-refractivity contribution in [3.63, 3.8) is 0 Å². The number of hydrogen-bond acceptors (Lipinski definition) is 3. The predicted molar refractivity (Wildman–Crippen MR) is 147 cm³/mol. The number of benzene rings is 4. The van der Waals surface area contributed by atoms with E-state index in [0.29, 0.717) is 16.8 Å². The Morgan fingerprint density at radius 3 is 2.10 bits per heavy atom. The smallest absolute Gasteiger partial charge is 0.407 e. The molecule has 0 aliphatic heterocycles. The van der Waals surface area contributed by atoms with Crippen molar-refractivity contribution in [1.29, 1.82) is 0 Å². The summed E-state index contributed by atoms with van der Waals surface area (Å²) in [6, 6.07) is 28.4. The van der Waals surface area contributed by atoms with Crippen LogP contribution in [0.5, 0.6) is 0 Å². The van der Waals surface area contributed by atoms with Gasteiger partial charge in [0.1, 0.15) is 18.5 Å². The van der Waals surface area contributed by atoms with E-state index in [1.54, 1.807) is 18.2 Å². The lowest BCUT2D eigenvalue weighted by molar-refractivity contribution is -0.139. The molecule has 3 N–H and O–H groups in total. The summed E-state index contributed by atoms with van der Waals surface area (Å²) in [5.74, 6) is -1.79. The Morgan fingerprint density at radius 2 is 1.44 bits per heavy atom. The van der Waals surface area contributed by atoms with Crippen molar-refractivity contribution in [3.05, 3.63) is 120 Å². The lowest BCUT2D eigenvalue weighted by Gasteiger charge is -2.18. The summed E-state index contributed by atoms with van der Waals surface area (Å²) in [5, 5.41) is 13.3. The number of amides is 1. The quantitative estimate of drug-likeness (QED) is 0.228. The van der Waals surface area contributed by atoms with E-state index in [1.165, 1.54) is 6.07 Å². The zero-order valence-corrected chi connectivity index (χ0v) is 20.9. The topological polar surface area (TPSA) is 91.4 Å². The fraction of sp³-hybridized carbons (Fsp3) is 0.125. The molecule has 6 rings (SSSR count). The zero-order chi connectivity index (χ0) is 26.9. The van der Waals surface area contributed by atoms with Gasteiger partial charge in [-0.15, -0.1) is 0 Å². The van der Waals surface area contributed by atoms with Crippen molar-refractivity contribution in [2.24, 2.45) is 0 Å². The standard InChI is InChI=1S/C32H25FN2O4/c33-27-15-7-5-14-24(27)30-25(23-13-6-8-16-28(23)34-30)17-29(31(36)37)35-32(38)39-18-26-21-11-3-1-9-19(21)20-10-2-4-12-22(20)26/h1-16,26,29,34H,17-18H2,(H,35,38)(H,36,37). The number of aromatic amines is 1. The molecule has 0 spiro atoms. The molecule has 5 aromatic rings. The number of carbonyl (C=O) groups excluding carboxylic acids is 1. The first-order valence-corrected chi connectivity index (χ1v) is 12.7. The first-order valence-electron chi connectivity index (χ1n) is 12.7. The molecule has 0 fully saturated rings. The van der Waals surface area contributed by atoms with Gasteiger partial charge in [0.25, 0.3) is 0 Å². The van der Waals surface area contributed by atoms with Gasteiger partial charge in [0.15, 0.2) is 0 Å². The summed E-state index contributed by atoms with van der Waals surface area (Å²) in [6.45, 7) is 0.0692. The third-order valence-electron chi connectivity index (χ3n) is 7.30. The maximum absolute atomic E-state index is 14.7. The number of aliphatic carboxylic acids is 1. The Morgan fingerprint density at radius 1 is 0.846 bits per heavy atom. The van der Waals surface area contributed by atoms with Crippen LogP contribution in [-0.2, 0) is 16.0 Å². The van der Waals surface area contributed by atoms with Gasteiger partial charge in [-0.3, -0.25) is 0 Å². The molecule has 1 aliphatic carbocycles. The number of fused-ring (bicyclic) bond motifs is 4. The van der Waals surface area contributed by atoms with Crippen molar-refractivity contribution < 1.29 is 23.8 Å². The minimum atomic E-state index is -1.29. The van der Waals surface area contributed by atoms with Crippen LogP contribution in [0.1, 0.15) is 22.6 Å². The minimum absolute atomic E-state index is 0.0623. The fourth-order valence-electron chi connectivity index (χ4n) is 5.49. The third-order valence-corrected chi connectivity index (χ3v) is 7.30. The number of alkyl carbamates (subject to hydrolysis) is 1. The number of ether oxygens (including phenoxy) is 1. The van der Waals surface area contributed by atoms with Crippen LogP contribution in [0.2, 0.25) is 0 Å². The fourth-order valence-corrected chi connectivity index (χ4v) is 5.49. The molecule has 1 aliphatic rings. The molecule has 39 heavy (non-hydrogen) atoms. The van der Waals surface area contributed by atoms with Gasteiger partial charge < -0.3 is 20.1 Å². The number of carbonyl (C=O) groups is 2. The van der Waals surface area contributed by atoms with E-state index in [4.69, 9.17) is 4.74 Å². The molecule has 0 saturated carbocycles. The van der Waals surface area contributed by atoms with Crippen LogP contribution >= 0.6 is 0 Å². The monoisotopic (exact) mass is 520 g/mol. The van der Waals surface area contributed by atoms with Gasteiger partial charge in [-0.2, -0.15) is 0 Å². The first-order chi connectivity index (χ1) is 19.0. The van der Waals surface area contributed by atoms with E-state index in [1.807, 2.05) is 72.8 Å². The Balaban J connectivity index is 1.23. The molecule has 0 saturated heterocycles. The van der Waals surface area contributed by atoms with Crippen molar-refractivity contribution >= 4 is 23.0 Å². The minimum Gasteiger partial charge on any atom is -0.480 e. The number of carboxylic acid groups (broad SMARTS) is 1. The molecule has 0 radical (unpaired) electrons. The van der Waals surface area contributed by atoms with Crippen molar-refractivity contribution in [2.45, 2.75) is 18.4 Å². The van der Waals surface area contributed by atoms with Crippen LogP contribution in [-0.4, -0.2) is 34.8 Å². The van der Waals surface area contributed by atoms with Gasteiger partial charge in [-0.25, -0.2) is 14.0 Å². The Hall–Kier alpha value is -4.91. The largest absolute Gasteiger partial charge is 0.480 e. The molecule has 1 aromatic heterocycles. The molecule has 7 heteroatoms. The van der Waals surface area contributed by atoms with Crippen LogP contribution in [0.4, 0.5) is 9.18 Å². The number of rotatable bonds is 7. The van der Waals surface area contributed by atoms with Gasteiger partial charge in [-0.05, 0) is 46.0 Å². The van der Waals surface area contributed by atoms with E-state index in [-0.39, 0.29) is 18.9 Å². The number of carboxylic acids is 1. The highest BCUT2D eigenvalue weighted by atomic mass is 19.1. The molecule has 4 aromatic carbocycles. The molecular weight excluding hydrogens is 495 g/mol. The highest BCUT2D eigenvalue weighted by Crippen LogP contribution is 2.44. The number of halogens is 1. The maximum atomic E-state index is 14.7. The van der Waals surface area contributed by atoms with E-state index >= 15 is 0 Å². The molecule has 1 atom stereocenters. The van der Waals surface area contributed by atoms with Crippen LogP contribution in [0.15, 0.2) is 97.1 Å². The van der Waals surface area contributed by atoms with Crippen molar-refractivity contribution in [3.8, 4) is 22.4 Å². The number of hydrogen-bond donors (Lipinski definition) is 3. The second-order valence-electron chi connectivity index (χ2n) is 9.57. The van der Waals surface area contributed by atoms with E-state index < -0.39 is 23.9 Å². The summed E-state index contributed by atoms with van der Waals surface area (Å²) in [6.07, 6.45) is -0.885. The van der Waals surface area contributed by atoms with Gasteiger partial charge in [0.05, 0.1) is 5.69 Å². The summed E-state index contributed by atoms with van der Waals surface area (Å²) in [4.78, 5) is 28.3. The Labute approximate surface area is 224 Å². The zero-order valence-electron chi connectivity index (χ0n) is 20.9. The van der Waals surface area contributed by atoms with Crippen LogP contribution < -0.4 is 5.32 Å². The SMILES string of the molecule is O=C(NC(Cc1c(-c2ccccc2F)[nH]c2ccccc12)C(=O)O)OCC1c2ccccc2-c2ccccc21. The van der Waals surface area contributed by atoms with E-state index in [0.717, 1.165) is 33.2 Å². The van der Waals surface area contributed by atoms with E-state index in [2.05, 4.69) is 10.3 Å². The third kappa shape index (κ3) is 4.52. The molecule has 1 amide bonds. The van der Waals surface area contributed by atoms with Crippen LogP contribution in [0.3, 0.4) is 0 Å². The maximum Gasteiger partial charge on any atom is 0.407 e. The second kappa shape index (κ2) is 10.1. The molecule has 1 heterocycles. The van der Waals surface area contributed by atoms with Gasteiger partial charge in [0, 0.05) is 28.8 Å². The summed E-state index contributed by atoms with van der Waals surface area (Å²) < 4.78 is 20.3. The molecule has 0 bridgehead atoms. The average Bonchev–Trinajstić information content (AvgIpc) is 3.47. The molecule has 194 valence electrons. The van der Waals surface area contributed by atoms with Crippen molar-refractivity contribution in [2.75, 3.05) is 6.61 Å². The summed E-state index contributed by atoms with van der Waals surface area (Å²) >= 11 is 0. The first kappa shape index (κ1) is 24.4. The molecule has 6 nitrogen and oxygen atoms in total. The number of H-pyrrole nitrogens is 1. The molecule has 1 unspecified atom stereocenters. The number of para-hydroxylation sites is 1. The average molecular weight is 521 g/mol. The lowest BCUT2D eigenvalue weighted by Crippen LogP contribution is -2.43. The second-order valence-corrected chi connectivity index (χ2v) is 9.57.